The molecule has 0 atom stereocenters. The zero-order valence-electron chi connectivity index (χ0n) is 37.1. The second kappa shape index (κ2) is 14.2. The molecular formula is C63H43N3O. The van der Waals surface area contributed by atoms with Crippen LogP contribution in [0, 0.1) is 0 Å². The highest BCUT2D eigenvalue weighted by molar-refractivity contribution is 6.12. The first-order chi connectivity index (χ1) is 33.0. The summed E-state index contributed by atoms with van der Waals surface area (Å²) in [5, 5.41) is 7.22. The van der Waals surface area contributed by atoms with Crippen molar-refractivity contribution in [3.05, 3.63) is 236 Å². The van der Waals surface area contributed by atoms with Crippen LogP contribution in [-0.2, 0) is 5.41 Å². The molecule has 4 heterocycles. The normalized spacial score (nSPS) is 13.3. The molecule has 0 radical (unpaired) electrons. The molecule has 0 fully saturated rings. The van der Waals surface area contributed by atoms with Crippen molar-refractivity contribution >= 4 is 82.6 Å². The molecule has 1 aliphatic rings. The van der Waals surface area contributed by atoms with E-state index < -0.39 is 0 Å². The second-order valence-corrected chi connectivity index (χ2v) is 18.5. The van der Waals surface area contributed by atoms with Crippen LogP contribution >= 0.6 is 0 Å². The second-order valence-electron chi connectivity index (χ2n) is 18.5. The van der Waals surface area contributed by atoms with Gasteiger partial charge in [0.15, 0.2) is 0 Å². The van der Waals surface area contributed by atoms with Gasteiger partial charge in [-0.15, -0.1) is 0 Å². The highest BCUT2D eigenvalue weighted by Gasteiger charge is 2.38. The number of benzene rings is 10. The van der Waals surface area contributed by atoms with E-state index in [0.29, 0.717) is 0 Å². The van der Waals surface area contributed by atoms with Gasteiger partial charge in [0.2, 0.25) is 0 Å². The molecule has 0 amide bonds. The molecule has 0 saturated carbocycles. The van der Waals surface area contributed by atoms with Crippen LogP contribution in [0.15, 0.2) is 229 Å². The molecule has 3 aromatic heterocycles. The maximum absolute atomic E-state index is 6.34. The number of hydrogen-bond donors (Lipinski definition) is 0. The predicted molar refractivity (Wildman–Crippen MR) is 280 cm³/mol. The van der Waals surface area contributed by atoms with Crippen molar-refractivity contribution in [2.24, 2.45) is 0 Å². The summed E-state index contributed by atoms with van der Waals surface area (Å²) in [5.74, 6) is 0. The Morgan fingerprint density at radius 2 is 0.746 bits per heavy atom. The molecule has 0 N–H and O–H groups in total. The minimum atomic E-state index is -0.347. The van der Waals surface area contributed by atoms with Crippen molar-refractivity contribution in [3.63, 3.8) is 0 Å². The Hall–Kier alpha value is -8.60. The van der Waals surface area contributed by atoms with Gasteiger partial charge in [0.1, 0.15) is 11.2 Å². The molecule has 13 aromatic rings. The Bertz CT molecular complexity index is 3920. The van der Waals surface area contributed by atoms with Crippen LogP contribution in [-0.4, -0.2) is 9.13 Å². The molecule has 14 rings (SSSR count). The summed E-state index contributed by atoms with van der Waals surface area (Å²) < 4.78 is 11.1. The third-order valence-electron chi connectivity index (χ3n) is 14.5. The summed E-state index contributed by atoms with van der Waals surface area (Å²) in [6.45, 7) is 4.80. The van der Waals surface area contributed by atoms with Gasteiger partial charge in [-0.1, -0.05) is 129 Å². The van der Waals surface area contributed by atoms with E-state index in [2.05, 4.69) is 246 Å². The third kappa shape index (κ3) is 5.60. The van der Waals surface area contributed by atoms with E-state index in [-0.39, 0.29) is 5.41 Å². The first-order valence-corrected chi connectivity index (χ1v) is 23.2. The van der Waals surface area contributed by atoms with Crippen molar-refractivity contribution in [2.45, 2.75) is 19.3 Å². The molecule has 0 saturated heterocycles. The standard InChI is InChI=1S/C63H43N3O/c1-63(2)53-37-42(40-25-30-57-50(35-40)47-19-9-12-22-55(47)64(57)44-15-5-3-6-16-44)27-32-59(53)66(46-29-34-62-52(39-46)49-21-11-14-24-61(49)67-62)60-33-28-43(38-54(60)63)41-26-31-58-51(36-41)48-20-10-13-23-56(48)65(58)45-17-7-4-8-18-45/h3-39H,1-2H3. The number of fused-ring (bicyclic) bond motifs is 11. The summed E-state index contributed by atoms with van der Waals surface area (Å²) in [4.78, 5) is 2.47. The molecule has 0 aliphatic carbocycles. The van der Waals surface area contributed by atoms with E-state index in [1.807, 2.05) is 6.07 Å². The van der Waals surface area contributed by atoms with Gasteiger partial charge >= 0.3 is 0 Å². The first-order valence-electron chi connectivity index (χ1n) is 23.2. The summed E-state index contributed by atoms with van der Waals surface area (Å²) in [7, 11) is 0. The van der Waals surface area contributed by atoms with Crippen LogP contribution in [0.2, 0.25) is 0 Å². The minimum absolute atomic E-state index is 0.347. The van der Waals surface area contributed by atoms with Crippen molar-refractivity contribution in [1.29, 1.82) is 0 Å². The number of anilines is 3. The minimum Gasteiger partial charge on any atom is -0.456 e. The number of rotatable bonds is 5. The molecular weight excluding hydrogens is 815 g/mol. The quantitative estimate of drug-likeness (QED) is 0.172. The molecule has 4 nitrogen and oxygen atoms in total. The molecule has 0 unspecified atom stereocenters. The average molecular weight is 858 g/mol. The van der Waals surface area contributed by atoms with Gasteiger partial charge in [0.05, 0.1) is 33.4 Å². The van der Waals surface area contributed by atoms with Crippen LogP contribution < -0.4 is 4.90 Å². The van der Waals surface area contributed by atoms with Gasteiger partial charge in [-0.2, -0.15) is 0 Å². The summed E-state index contributed by atoms with van der Waals surface area (Å²) in [6.07, 6.45) is 0. The Labute approximate surface area is 387 Å². The Balaban J connectivity index is 0.954. The molecule has 316 valence electrons. The van der Waals surface area contributed by atoms with Gasteiger partial charge in [-0.05, 0) is 143 Å². The Morgan fingerprint density at radius 3 is 1.30 bits per heavy atom. The highest BCUT2D eigenvalue weighted by Crippen LogP contribution is 2.54. The fraction of sp³-hybridized carbons (Fsp3) is 0.0476. The molecule has 0 spiro atoms. The number of nitrogens with zero attached hydrogens (tertiary/aromatic N) is 3. The lowest BCUT2D eigenvalue weighted by molar-refractivity contribution is 0.632. The lowest BCUT2D eigenvalue weighted by Crippen LogP contribution is -2.30. The highest BCUT2D eigenvalue weighted by atomic mass is 16.3. The number of aromatic nitrogens is 2. The van der Waals surface area contributed by atoms with Crippen LogP contribution in [0.1, 0.15) is 25.0 Å². The molecule has 4 heteroatoms. The Kier molecular flexibility index (Phi) is 8.00. The van der Waals surface area contributed by atoms with Crippen LogP contribution in [0.3, 0.4) is 0 Å². The molecule has 1 aliphatic heterocycles. The Morgan fingerprint density at radius 1 is 0.313 bits per heavy atom. The van der Waals surface area contributed by atoms with Gasteiger partial charge in [-0.3, -0.25) is 0 Å². The summed E-state index contributed by atoms with van der Waals surface area (Å²) >= 11 is 0. The number of para-hydroxylation sites is 5. The zero-order valence-corrected chi connectivity index (χ0v) is 37.1. The van der Waals surface area contributed by atoms with Crippen LogP contribution in [0.5, 0.6) is 0 Å². The fourth-order valence-corrected chi connectivity index (χ4v) is 11.2. The van der Waals surface area contributed by atoms with Crippen molar-refractivity contribution < 1.29 is 4.42 Å². The number of furan rings is 1. The molecule has 0 bridgehead atoms. The average Bonchev–Trinajstić information content (AvgIpc) is 4.04. The van der Waals surface area contributed by atoms with E-state index in [4.69, 9.17) is 4.42 Å². The van der Waals surface area contributed by atoms with Gasteiger partial charge in [0.25, 0.3) is 0 Å². The van der Waals surface area contributed by atoms with E-state index >= 15 is 0 Å². The van der Waals surface area contributed by atoms with Crippen molar-refractivity contribution in [3.8, 4) is 33.6 Å². The summed E-state index contributed by atoms with van der Waals surface area (Å²) in [6, 6.07) is 82.1. The van der Waals surface area contributed by atoms with Gasteiger partial charge < -0.3 is 18.5 Å². The van der Waals surface area contributed by atoms with Gasteiger partial charge in [-0.25, -0.2) is 0 Å². The maximum Gasteiger partial charge on any atom is 0.135 e. The van der Waals surface area contributed by atoms with E-state index in [1.165, 1.54) is 88.4 Å². The van der Waals surface area contributed by atoms with Crippen LogP contribution in [0.4, 0.5) is 17.1 Å². The molecule has 10 aromatic carbocycles. The summed E-state index contributed by atoms with van der Waals surface area (Å²) in [5.41, 5.74) is 19.4. The third-order valence-corrected chi connectivity index (χ3v) is 14.5. The van der Waals surface area contributed by atoms with Gasteiger partial charge in [0, 0.05) is 54.8 Å². The van der Waals surface area contributed by atoms with Crippen LogP contribution in [0.25, 0.3) is 99.2 Å². The predicted octanol–water partition coefficient (Wildman–Crippen LogP) is 17.2. The van der Waals surface area contributed by atoms with E-state index in [9.17, 15) is 0 Å². The maximum atomic E-state index is 6.34. The van der Waals surface area contributed by atoms with Crippen molar-refractivity contribution in [2.75, 3.05) is 4.90 Å². The lowest BCUT2D eigenvalue weighted by Gasteiger charge is -2.42. The SMILES string of the molecule is CC1(C)c2cc(-c3ccc4c(c3)c3ccccc3n4-c3ccccc3)ccc2N(c2ccc3oc4ccccc4c3c2)c2ccc(-c3ccc4c(c3)c3ccccc3n4-c3ccccc3)cc21. The topological polar surface area (TPSA) is 26.2 Å². The monoisotopic (exact) mass is 857 g/mol. The molecule has 67 heavy (non-hydrogen) atoms. The fourth-order valence-electron chi connectivity index (χ4n) is 11.2. The van der Waals surface area contributed by atoms with E-state index in [1.54, 1.807) is 0 Å². The smallest absolute Gasteiger partial charge is 0.135 e. The van der Waals surface area contributed by atoms with Crippen molar-refractivity contribution in [1.82, 2.24) is 9.13 Å². The first kappa shape index (κ1) is 37.7. The largest absolute Gasteiger partial charge is 0.456 e. The zero-order chi connectivity index (χ0) is 44.4. The van der Waals surface area contributed by atoms with E-state index in [0.717, 1.165) is 39.0 Å². The number of hydrogen-bond acceptors (Lipinski definition) is 2. The lowest BCUT2D eigenvalue weighted by atomic mass is 9.72.